The van der Waals surface area contributed by atoms with E-state index in [1.807, 2.05) is 0 Å². The van der Waals surface area contributed by atoms with Crippen LogP contribution < -0.4 is 0 Å². The van der Waals surface area contributed by atoms with Crippen LogP contribution in [0.1, 0.15) is 46.5 Å². The molecule has 9 atom stereocenters. The van der Waals surface area contributed by atoms with Crippen LogP contribution in [0.15, 0.2) is 0 Å². The average Bonchev–Trinajstić information content (AvgIpc) is 2.57. The van der Waals surface area contributed by atoms with Gasteiger partial charge in [-0.2, -0.15) is 0 Å². The van der Waals surface area contributed by atoms with Crippen molar-refractivity contribution in [3.8, 4) is 0 Å². The lowest BCUT2D eigenvalue weighted by molar-refractivity contribution is -0.304. The van der Waals surface area contributed by atoms with Gasteiger partial charge in [0.15, 0.2) is 6.29 Å². The van der Waals surface area contributed by atoms with Gasteiger partial charge in [0.25, 0.3) is 0 Å². The molecule has 8 nitrogen and oxygen atoms in total. The Hall–Kier alpha value is -0.320. The topological polar surface area (TPSA) is 140 Å². The fourth-order valence-electron chi connectivity index (χ4n) is 4.75. The van der Waals surface area contributed by atoms with Crippen molar-refractivity contribution in [2.45, 2.75) is 89.4 Å². The molecule has 1 saturated carbocycles. The first-order valence-corrected chi connectivity index (χ1v) is 9.85. The molecule has 0 unspecified atom stereocenters. The summed E-state index contributed by atoms with van der Waals surface area (Å²) in [5, 5.41) is 58.9. The number of aliphatic hydroxyl groups excluding tert-OH is 6. The summed E-state index contributed by atoms with van der Waals surface area (Å²) < 4.78 is 10.7. The van der Waals surface area contributed by atoms with Gasteiger partial charge in [0.2, 0.25) is 0 Å². The predicted molar refractivity (Wildman–Crippen MR) is 96.6 cm³/mol. The molecule has 2 fully saturated rings. The molecule has 1 heterocycles. The second kappa shape index (κ2) is 9.45. The Morgan fingerprint density at radius 3 is 2.37 bits per heavy atom. The molecule has 1 aliphatic heterocycles. The molecule has 6 N–H and O–H groups in total. The minimum Gasteiger partial charge on any atom is -0.394 e. The van der Waals surface area contributed by atoms with Crippen molar-refractivity contribution in [3.63, 3.8) is 0 Å². The van der Waals surface area contributed by atoms with Crippen LogP contribution in [0.5, 0.6) is 0 Å². The third kappa shape index (κ3) is 5.61. The fraction of sp³-hybridized carbons (Fsp3) is 1.00. The molecule has 0 amide bonds. The monoisotopic (exact) mass is 392 g/mol. The molecule has 0 spiro atoms. The smallest absolute Gasteiger partial charge is 0.186 e. The molecular formula is C19H36O8. The van der Waals surface area contributed by atoms with Gasteiger partial charge in [-0.3, -0.25) is 0 Å². The molecule has 0 bridgehead atoms. The van der Waals surface area contributed by atoms with Gasteiger partial charge < -0.3 is 40.1 Å². The SMILES string of the molecule is C[C@@H]1C[C@H](O)CC(C)(C)[C@H]1CC[C@H](O)CO[C@@H]1O[C@H](CO)[C@@H](O)[C@H](O)[C@H]1O. The van der Waals surface area contributed by atoms with E-state index in [1.165, 1.54) is 0 Å². The first-order valence-electron chi connectivity index (χ1n) is 9.85. The van der Waals surface area contributed by atoms with Crippen molar-refractivity contribution in [2.24, 2.45) is 17.3 Å². The molecule has 27 heavy (non-hydrogen) atoms. The van der Waals surface area contributed by atoms with E-state index < -0.39 is 43.4 Å². The second-order valence-electron chi connectivity index (χ2n) is 8.93. The molecule has 0 radical (unpaired) electrons. The van der Waals surface area contributed by atoms with Crippen molar-refractivity contribution in [1.82, 2.24) is 0 Å². The van der Waals surface area contributed by atoms with Gasteiger partial charge in [-0.1, -0.05) is 20.8 Å². The quantitative estimate of drug-likeness (QED) is 0.337. The van der Waals surface area contributed by atoms with Gasteiger partial charge in [0, 0.05) is 0 Å². The fourth-order valence-corrected chi connectivity index (χ4v) is 4.75. The third-order valence-corrected chi connectivity index (χ3v) is 6.21. The first-order chi connectivity index (χ1) is 12.6. The summed E-state index contributed by atoms with van der Waals surface area (Å²) >= 11 is 0. The van der Waals surface area contributed by atoms with Gasteiger partial charge in [-0.05, 0) is 42.9 Å². The lowest BCUT2D eigenvalue weighted by atomic mass is 9.61. The first kappa shape index (κ1) is 23.0. The van der Waals surface area contributed by atoms with E-state index >= 15 is 0 Å². The highest BCUT2D eigenvalue weighted by Gasteiger charge is 2.44. The highest BCUT2D eigenvalue weighted by molar-refractivity contribution is 4.91. The normalized spacial score (nSPS) is 43.4. The number of hydrogen-bond donors (Lipinski definition) is 6. The van der Waals surface area contributed by atoms with Crippen molar-refractivity contribution >= 4 is 0 Å². The standard InChI is InChI=1S/C19H36O8/c1-10-6-12(22)7-19(2,3)13(10)5-4-11(21)9-26-18-17(25)16(24)15(23)14(8-20)27-18/h10-18,20-25H,4-9H2,1-3H3/t10-,11+,12+,13+,14-,15-,16+,17-,18-/m1/s1. The lowest BCUT2D eigenvalue weighted by Crippen LogP contribution is -2.59. The van der Waals surface area contributed by atoms with Gasteiger partial charge >= 0.3 is 0 Å². The molecule has 1 aliphatic carbocycles. The summed E-state index contributed by atoms with van der Waals surface area (Å²) in [5.74, 6) is 0.741. The zero-order valence-corrected chi connectivity index (χ0v) is 16.4. The van der Waals surface area contributed by atoms with Crippen molar-refractivity contribution < 1.29 is 40.1 Å². The molecule has 160 valence electrons. The Morgan fingerprint density at radius 2 is 1.78 bits per heavy atom. The van der Waals surface area contributed by atoms with E-state index in [-0.39, 0.29) is 18.1 Å². The van der Waals surface area contributed by atoms with Crippen molar-refractivity contribution in [3.05, 3.63) is 0 Å². The van der Waals surface area contributed by atoms with Gasteiger partial charge in [-0.25, -0.2) is 0 Å². The number of ether oxygens (including phenoxy) is 2. The van der Waals surface area contributed by atoms with E-state index in [0.29, 0.717) is 18.3 Å². The number of hydrogen-bond acceptors (Lipinski definition) is 8. The lowest BCUT2D eigenvalue weighted by Gasteiger charge is -2.45. The summed E-state index contributed by atoms with van der Waals surface area (Å²) in [6.45, 7) is 5.81. The van der Waals surface area contributed by atoms with Crippen LogP contribution in [0.2, 0.25) is 0 Å². The van der Waals surface area contributed by atoms with Crippen molar-refractivity contribution in [1.29, 1.82) is 0 Å². The summed E-state index contributed by atoms with van der Waals surface area (Å²) in [4.78, 5) is 0. The maximum atomic E-state index is 10.3. The largest absolute Gasteiger partial charge is 0.394 e. The van der Waals surface area contributed by atoms with Crippen LogP contribution >= 0.6 is 0 Å². The summed E-state index contributed by atoms with van der Waals surface area (Å²) in [7, 11) is 0. The van der Waals surface area contributed by atoms with E-state index in [4.69, 9.17) is 9.47 Å². The zero-order valence-electron chi connectivity index (χ0n) is 16.4. The van der Waals surface area contributed by atoms with Crippen LogP contribution in [-0.2, 0) is 9.47 Å². The van der Waals surface area contributed by atoms with Crippen LogP contribution in [0.4, 0.5) is 0 Å². The minimum absolute atomic E-state index is 0.00503. The maximum absolute atomic E-state index is 10.3. The molecule has 0 aromatic heterocycles. The average molecular weight is 392 g/mol. The zero-order chi connectivity index (χ0) is 20.4. The minimum atomic E-state index is -1.49. The summed E-state index contributed by atoms with van der Waals surface area (Å²) in [6.07, 6.45) is -4.87. The molecule has 0 aromatic rings. The molecule has 1 saturated heterocycles. The number of aliphatic hydroxyl groups is 6. The molecule has 2 rings (SSSR count). The number of rotatable bonds is 7. The van der Waals surface area contributed by atoms with Crippen LogP contribution in [0.25, 0.3) is 0 Å². The predicted octanol–water partition coefficient (Wildman–Crippen LogP) is -0.623. The Kier molecular flexibility index (Phi) is 8.04. The van der Waals surface area contributed by atoms with Gasteiger partial charge in [0.05, 0.1) is 25.4 Å². The Balaban J connectivity index is 1.81. The summed E-state index contributed by atoms with van der Waals surface area (Å²) in [5.41, 5.74) is -0.00503. The van der Waals surface area contributed by atoms with Crippen LogP contribution in [0, 0.1) is 17.3 Å². The Morgan fingerprint density at radius 1 is 1.11 bits per heavy atom. The maximum Gasteiger partial charge on any atom is 0.186 e. The Labute approximate surface area is 160 Å². The second-order valence-corrected chi connectivity index (χ2v) is 8.93. The van der Waals surface area contributed by atoms with Gasteiger partial charge in [-0.15, -0.1) is 0 Å². The summed E-state index contributed by atoms with van der Waals surface area (Å²) in [6, 6.07) is 0. The Bertz CT molecular complexity index is 457. The van der Waals surface area contributed by atoms with Crippen LogP contribution in [-0.4, -0.2) is 86.8 Å². The molecule has 8 heteroatoms. The third-order valence-electron chi connectivity index (χ3n) is 6.21. The highest BCUT2D eigenvalue weighted by atomic mass is 16.7. The highest BCUT2D eigenvalue weighted by Crippen LogP contribution is 2.46. The van der Waals surface area contributed by atoms with Gasteiger partial charge in [0.1, 0.15) is 24.4 Å². The molecule has 2 aliphatic rings. The van der Waals surface area contributed by atoms with Crippen LogP contribution in [0.3, 0.4) is 0 Å². The van der Waals surface area contributed by atoms with Crippen molar-refractivity contribution in [2.75, 3.05) is 13.2 Å². The van der Waals surface area contributed by atoms with E-state index in [1.54, 1.807) is 0 Å². The van der Waals surface area contributed by atoms with E-state index in [9.17, 15) is 30.6 Å². The van der Waals surface area contributed by atoms with E-state index in [0.717, 1.165) is 19.3 Å². The molecule has 0 aromatic carbocycles. The van der Waals surface area contributed by atoms with E-state index in [2.05, 4.69) is 20.8 Å². The molecular weight excluding hydrogens is 356 g/mol.